The van der Waals surface area contributed by atoms with Gasteiger partial charge in [0, 0.05) is 10.8 Å². The van der Waals surface area contributed by atoms with Gasteiger partial charge in [-0.2, -0.15) is 0 Å². The number of fused-ring (bicyclic) bond motifs is 3. The Bertz CT molecular complexity index is 1790. The van der Waals surface area contributed by atoms with E-state index >= 15 is 0 Å². The van der Waals surface area contributed by atoms with Crippen molar-refractivity contribution in [1.82, 2.24) is 0 Å². The summed E-state index contributed by atoms with van der Waals surface area (Å²) in [5, 5.41) is 2.13. The van der Waals surface area contributed by atoms with Gasteiger partial charge in [0.15, 0.2) is 0 Å². The molecular formula is C39H41BO3. The first-order valence-electron chi connectivity index (χ1n) is 15.5. The highest BCUT2D eigenvalue weighted by Gasteiger charge is 2.44. The quantitative estimate of drug-likeness (QED) is 0.198. The summed E-state index contributed by atoms with van der Waals surface area (Å²) in [6, 6.07) is 40.5. The molecule has 1 saturated heterocycles. The average molecular weight is 569 g/mol. The van der Waals surface area contributed by atoms with Crippen molar-refractivity contribution in [2.45, 2.75) is 60.2 Å². The van der Waals surface area contributed by atoms with E-state index in [2.05, 4.69) is 118 Å². The molecule has 0 radical (unpaired) electrons. The van der Waals surface area contributed by atoms with Crippen LogP contribution in [0.2, 0.25) is 0 Å². The summed E-state index contributed by atoms with van der Waals surface area (Å²) in [4.78, 5) is 0. The third kappa shape index (κ3) is 6.04. The molecule has 0 bridgehead atoms. The van der Waals surface area contributed by atoms with Gasteiger partial charge in [0.25, 0.3) is 0 Å². The monoisotopic (exact) mass is 568 g/mol. The zero-order chi connectivity index (χ0) is 30.6. The summed E-state index contributed by atoms with van der Waals surface area (Å²) in [5.74, 6) is 0. The van der Waals surface area contributed by atoms with E-state index in [4.69, 9.17) is 13.7 Å². The molecule has 4 heteroatoms. The van der Waals surface area contributed by atoms with Crippen molar-refractivity contribution in [3.63, 3.8) is 0 Å². The molecule has 0 saturated carbocycles. The molecular weight excluding hydrogens is 527 g/mol. The lowest BCUT2D eigenvalue weighted by Gasteiger charge is -2.21. The van der Waals surface area contributed by atoms with Gasteiger partial charge < -0.3 is 13.7 Å². The van der Waals surface area contributed by atoms with E-state index in [1.54, 1.807) is 0 Å². The zero-order valence-corrected chi connectivity index (χ0v) is 26.3. The number of hydrogen-bond donors (Lipinski definition) is 0. The van der Waals surface area contributed by atoms with Gasteiger partial charge in [-0.25, -0.2) is 0 Å². The zero-order valence-electron chi connectivity index (χ0n) is 26.3. The molecule has 0 spiro atoms. The van der Waals surface area contributed by atoms with Crippen LogP contribution in [0.3, 0.4) is 0 Å². The lowest BCUT2D eigenvalue weighted by Crippen LogP contribution is -2.35. The number of hydrogen-bond acceptors (Lipinski definition) is 3. The summed E-state index contributed by atoms with van der Waals surface area (Å²) in [5.41, 5.74) is 9.54. The topological polar surface area (TPSA) is 31.6 Å². The summed E-state index contributed by atoms with van der Waals surface area (Å²) in [6.07, 6.45) is -0.000427. The van der Waals surface area contributed by atoms with Crippen molar-refractivity contribution in [2.75, 3.05) is 0 Å². The third-order valence-electron chi connectivity index (χ3n) is 8.04. The minimum absolute atomic E-state index is 0.000427. The maximum atomic E-state index is 6.31. The van der Waals surface area contributed by atoms with Gasteiger partial charge >= 0.3 is 7.12 Å². The Kier molecular flexibility index (Phi) is 9.20. The van der Waals surface area contributed by atoms with Crippen molar-refractivity contribution in [2.24, 2.45) is 0 Å². The van der Waals surface area contributed by atoms with Crippen LogP contribution in [0.5, 0.6) is 0 Å². The van der Waals surface area contributed by atoms with Crippen molar-refractivity contribution < 1.29 is 13.7 Å². The first-order chi connectivity index (χ1) is 21.0. The van der Waals surface area contributed by atoms with Crippen molar-refractivity contribution >= 4 is 34.5 Å². The first-order valence-corrected chi connectivity index (χ1v) is 15.5. The van der Waals surface area contributed by atoms with Crippen LogP contribution in [0, 0.1) is 0 Å². The summed E-state index contributed by atoms with van der Waals surface area (Å²) < 4.78 is 18.8. The Labute approximate surface area is 256 Å². The fraction of sp³-hybridized carbons (Fsp3) is 0.231. The molecule has 0 aliphatic carbocycles. The van der Waals surface area contributed by atoms with Crippen LogP contribution in [-0.2, 0) is 9.31 Å². The molecule has 2 heterocycles. The number of benzene rings is 5. The van der Waals surface area contributed by atoms with E-state index in [0.29, 0.717) is 0 Å². The molecule has 1 fully saturated rings. The van der Waals surface area contributed by atoms with Crippen molar-refractivity contribution in [1.29, 1.82) is 0 Å². The standard InChI is InChI=1S/C35H29BO3.2C2H6/c1-23-35(2,3)39-36(38-23)31-10-7-11-33-34(31)30-22-29(20-21-32(30)37-33)28-18-16-27(17-19-28)26-14-12-25(13-15-26)24-8-5-4-6-9-24;2*1-2/h4-23H,1-3H3;2*1-2H3. The number of furan rings is 1. The second-order valence-corrected chi connectivity index (χ2v) is 10.9. The van der Waals surface area contributed by atoms with Crippen LogP contribution in [0.4, 0.5) is 0 Å². The van der Waals surface area contributed by atoms with Crippen LogP contribution >= 0.6 is 0 Å². The largest absolute Gasteiger partial charge is 0.495 e. The molecule has 0 N–H and O–H groups in total. The first kappa shape index (κ1) is 30.3. The molecule has 43 heavy (non-hydrogen) atoms. The smallest absolute Gasteiger partial charge is 0.456 e. The third-order valence-corrected chi connectivity index (χ3v) is 8.04. The molecule has 3 nitrogen and oxygen atoms in total. The van der Waals surface area contributed by atoms with Gasteiger partial charge in [0.1, 0.15) is 11.2 Å². The molecule has 1 unspecified atom stereocenters. The maximum Gasteiger partial charge on any atom is 0.495 e. The van der Waals surface area contributed by atoms with E-state index in [1.807, 2.05) is 45.9 Å². The van der Waals surface area contributed by atoms with Crippen LogP contribution in [0.1, 0.15) is 48.5 Å². The molecule has 0 amide bonds. The molecule has 1 atom stereocenters. The lowest BCUT2D eigenvalue weighted by atomic mass is 9.76. The molecule has 1 aliphatic heterocycles. The van der Waals surface area contributed by atoms with Crippen LogP contribution in [-0.4, -0.2) is 18.8 Å². The predicted molar refractivity (Wildman–Crippen MR) is 184 cm³/mol. The van der Waals surface area contributed by atoms with Gasteiger partial charge in [0.05, 0.1) is 11.7 Å². The Morgan fingerprint density at radius 2 is 1.07 bits per heavy atom. The fourth-order valence-corrected chi connectivity index (χ4v) is 5.46. The lowest BCUT2D eigenvalue weighted by molar-refractivity contribution is 0.0842. The van der Waals surface area contributed by atoms with E-state index in [0.717, 1.165) is 38.5 Å². The highest BCUT2D eigenvalue weighted by atomic mass is 16.7. The Morgan fingerprint density at radius 3 is 1.60 bits per heavy atom. The summed E-state index contributed by atoms with van der Waals surface area (Å²) in [6.45, 7) is 14.2. The molecule has 1 aromatic heterocycles. The molecule has 1 aliphatic rings. The second kappa shape index (κ2) is 13.0. The summed E-state index contributed by atoms with van der Waals surface area (Å²) >= 11 is 0. The van der Waals surface area contributed by atoms with E-state index in [-0.39, 0.29) is 11.7 Å². The Hall–Kier alpha value is -4.12. The van der Waals surface area contributed by atoms with Gasteiger partial charge in [-0.15, -0.1) is 0 Å². The van der Waals surface area contributed by atoms with Crippen LogP contribution < -0.4 is 5.46 Å². The normalized spacial score (nSPS) is 15.5. The minimum Gasteiger partial charge on any atom is -0.456 e. The van der Waals surface area contributed by atoms with Crippen LogP contribution in [0.25, 0.3) is 55.3 Å². The summed E-state index contributed by atoms with van der Waals surface area (Å²) in [7, 11) is -0.421. The van der Waals surface area contributed by atoms with Crippen molar-refractivity contribution in [3.8, 4) is 33.4 Å². The van der Waals surface area contributed by atoms with Crippen molar-refractivity contribution in [3.05, 3.63) is 115 Å². The Balaban J connectivity index is 0.000000885. The molecule has 6 aromatic rings. The van der Waals surface area contributed by atoms with E-state index in [9.17, 15) is 0 Å². The predicted octanol–water partition coefficient (Wildman–Crippen LogP) is 10.5. The minimum atomic E-state index is -0.421. The van der Waals surface area contributed by atoms with Gasteiger partial charge in [0.2, 0.25) is 0 Å². The SMILES string of the molecule is CC.CC.CC1OB(c2cccc3oc4ccc(-c5ccc(-c6ccc(-c7ccccc7)cc6)cc5)cc4c23)OC1(C)C. The molecule has 7 rings (SSSR count). The maximum absolute atomic E-state index is 6.31. The van der Waals surface area contributed by atoms with Crippen LogP contribution in [0.15, 0.2) is 120 Å². The van der Waals surface area contributed by atoms with E-state index < -0.39 is 7.12 Å². The Morgan fingerprint density at radius 1 is 0.558 bits per heavy atom. The molecule has 218 valence electrons. The molecule has 5 aromatic carbocycles. The second-order valence-electron chi connectivity index (χ2n) is 10.9. The van der Waals surface area contributed by atoms with Gasteiger partial charge in [-0.3, -0.25) is 0 Å². The fourth-order valence-electron chi connectivity index (χ4n) is 5.46. The highest BCUT2D eigenvalue weighted by molar-refractivity contribution is 6.65. The highest BCUT2D eigenvalue weighted by Crippen LogP contribution is 2.35. The number of rotatable bonds is 4. The van der Waals surface area contributed by atoms with Gasteiger partial charge in [-0.1, -0.05) is 125 Å². The average Bonchev–Trinajstić information content (AvgIpc) is 3.58. The van der Waals surface area contributed by atoms with Gasteiger partial charge in [-0.05, 0) is 77.8 Å². The van der Waals surface area contributed by atoms with E-state index in [1.165, 1.54) is 22.3 Å².